The number of pyridine rings is 1. The minimum absolute atomic E-state index is 0.0999. The third-order valence-electron chi connectivity index (χ3n) is 2.84. The van der Waals surface area contributed by atoms with Crippen LogP contribution in [0.1, 0.15) is 18.9 Å². The zero-order chi connectivity index (χ0) is 15.1. The summed E-state index contributed by atoms with van der Waals surface area (Å²) < 4.78 is 25.7. The van der Waals surface area contributed by atoms with E-state index in [4.69, 9.17) is 0 Å². The highest BCUT2D eigenvalue weighted by atomic mass is 32.2. The van der Waals surface area contributed by atoms with Crippen LogP contribution in [0.4, 0.5) is 11.5 Å². The van der Waals surface area contributed by atoms with E-state index >= 15 is 0 Å². The van der Waals surface area contributed by atoms with E-state index in [1.165, 1.54) is 5.56 Å². The van der Waals surface area contributed by atoms with Crippen molar-refractivity contribution in [3.05, 3.63) is 54.2 Å². The van der Waals surface area contributed by atoms with Gasteiger partial charge in [0.2, 0.25) is 10.0 Å². The van der Waals surface area contributed by atoms with Crippen LogP contribution >= 0.6 is 0 Å². The van der Waals surface area contributed by atoms with Gasteiger partial charge in [0, 0.05) is 6.54 Å². The Kier molecular flexibility index (Phi) is 5.16. The molecule has 1 aromatic carbocycles. The molecule has 0 aliphatic heterocycles. The summed E-state index contributed by atoms with van der Waals surface area (Å²) in [7, 11) is -3.29. The zero-order valence-corrected chi connectivity index (χ0v) is 12.7. The summed E-state index contributed by atoms with van der Waals surface area (Å²) in [4.78, 5) is 4.11. The predicted molar refractivity (Wildman–Crippen MR) is 85.7 cm³/mol. The summed E-state index contributed by atoms with van der Waals surface area (Å²) in [5, 5.41) is 3.24. The van der Waals surface area contributed by atoms with Gasteiger partial charge in [-0.2, -0.15) is 0 Å². The Bertz CT molecular complexity index is 655. The van der Waals surface area contributed by atoms with Crippen molar-refractivity contribution in [2.45, 2.75) is 19.9 Å². The lowest BCUT2D eigenvalue weighted by Gasteiger charge is -2.08. The minimum Gasteiger partial charge on any atom is -0.380 e. The number of anilines is 2. The van der Waals surface area contributed by atoms with Crippen LogP contribution in [0.25, 0.3) is 0 Å². The van der Waals surface area contributed by atoms with Gasteiger partial charge in [-0.25, -0.2) is 13.4 Å². The van der Waals surface area contributed by atoms with E-state index in [0.29, 0.717) is 18.8 Å². The Hall–Kier alpha value is -2.08. The average molecular weight is 305 g/mol. The minimum atomic E-state index is -3.29. The van der Waals surface area contributed by atoms with Crippen LogP contribution < -0.4 is 10.0 Å². The standard InChI is InChI=1S/C15H19N3O2S/c1-2-10-21(19,20)18-15-9-8-14(12-17-15)16-11-13-6-4-3-5-7-13/h3-9,12,16H,2,10-11H2,1H3,(H,17,18). The molecular weight excluding hydrogens is 286 g/mol. The van der Waals surface area contributed by atoms with Crippen molar-refractivity contribution in [2.24, 2.45) is 0 Å². The topological polar surface area (TPSA) is 71.1 Å². The molecule has 0 unspecified atom stereocenters. The number of aromatic nitrogens is 1. The predicted octanol–water partition coefficient (Wildman–Crippen LogP) is 2.85. The summed E-state index contributed by atoms with van der Waals surface area (Å²) in [6.07, 6.45) is 2.19. The second-order valence-electron chi connectivity index (χ2n) is 4.69. The number of sulfonamides is 1. The van der Waals surface area contributed by atoms with Crippen LogP contribution in [0.5, 0.6) is 0 Å². The Morgan fingerprint density at radius 1 is 1.10 bits per heavy atom. The fraction of sp³-hybridized carbons (Fsp3) is 0.267. The molecule has 0 saturated carbocycles. The lowest BCUT2D eigenvalue weighted by atomic mass is 10.2. The van der Waals surface area contributed by atoms with Gasteiger partial charge in [0.1, 0.15) is 5.82 Å². The molecule has 6 heteroatoms. The Balaban J connectivity index is 1.93. The number of hydrogen-bond acceptors (Lipinski definition) is 4. The maximum absolute atomic E-state index is 11.6. The normalized spacial score (nSPS) is 11.1. The van der Waals surface area contributed by atoms with Crippen molar-refractivity contribution < 1.29 is 8.42 Å². The maximum atomic E-state index is 11.6. The highest BCUT2D eigenvalue weighted by Crippen LogP contribution is 2.12. The number of hydrogen-bond donors (Lipinski definition) is 2. The molecule has 2 aromatic rings. The summed E-state index contributed by atoms with van der Waals surface area (Å²) >= 11 is 0. The van der Waals surface area contributed by atoms with E-state index in [2.05, 4.69) is 15.0 Å². The molecule has 1 aromatic heterocycles. The second-order valence-corrected chi connectivity index (χ2v) is 6.53. The van der Waals surface area contributed by atoms with Gasteiger partial charge in [0.15, 0.2) is 0 Å². The number of nitrogens with zero attached hydrogens (tertiary/aromatic N) is 1. The van der Waals surface area contributed by atoms with E-state index in [9.17, 15) is 8.42 Å². The number of benzene rings is 1. The van der Waals surface area contributed by atoms with E-state index < -0.39 is 10.0 Å². The highest BCUT2D eigenvalue weighted by molar-refractivity contribution is 7.92. The van der Waals surface area contributed by atoms with Gasteiger partial charge in [0.25, 0.3) is 0 Å². The third-order valence-corrected chi connectivity index (χ3v) is 4.30. The SMILES string of the molecule is CCCS(=O)(=O)Nc1ccc(NCc2ccccc2)cn1. The molecule has 0 radical (unpaired) electrons. The largest absolute Gasteiger partial charge is 0.380 e. The lowest BCUT2D eigenvalue weighted by molar-refractivity contribution is 0.599. The van der Waals surface area contributed by atoms with Crippen molar-refractivity contribution in [1.29, 1.82) is 0 Å². The Morgan fingerprint density at radius 2 is 1.86 bits per heavy atom. The monoisotopic (exact) mass is 305 g/mol. The zero-order valence-electron chi connectivity index (χ0n) is 11.9. The van der Waals surface area contributed by atoms with Crippen LogP contribution in [0.3, 0.4) is 0 Å². The van der Waals surface area contributed by atoms with Gasteiger partial charge >= 0.3 is 0 Å². The summed E-state index contributed by atoms with van der Waals surface area (Å²) in [5.41, 5.74) is 2.02. The van der Waals surface area contributed by atoms with Gasteiger partial charge in [-0.05, 0) is 24.1 Å². The first-order chi connectivity index (χ1) is 10.1. The van der Waals surface area contributed by atoms with Gasteiger partial charge in [-0.15, -0.1) is 0 Å². The molecule has 0 spiro atoms. The van der Waals surface area contributed by atoms with Gasteiger partial charge in [0.05, 0.1) is 17.6 Å². The van der Waals surface area contributed by atoms with Crippen LogP contribution in [0.15, 0.2) is 48.7 Å². The quantitative estimate of drug-likeness (QED) is 0.825. The molecule has 0 atom stereocenters. The van der Waals surface area contributed by atoms with Crippen molar-refractivity contribution >= 4 is 21.5 Å². The summed E-state index contributed by atoms with van der Waals surface area (Å²) in [5.74, 6) is 0.441. The highest BCUT2D eigenvalue weighted by Gasteiger charge is 2.09. The van der Waals surface area contributed by atoms with Crippen molar-refractivity contribution in [3.8, 4) is 0 Å². The smallest absolute Gasteiger partial charge is 0.233 e. The Labute approximate surface area is 125 Å². The number of nitrogens with one attached hydrogen (secondary N) is 2. The molecule has 0 bridgehead atoms. The van der Waals surface area contributed by atoms with Gasteiger partial charge in [-0.1, -0.05) is 37.3 Å². The fourth-order valence-corrected chi connectivity index (χ4v) is 2.92. The molecule has 0 aliphatic carbocycles. The molecule has 0 fully saturated rings. The molecule has 2 rings (SSSR count). The molecule has 0 saturated heterocycles. The number of rotatable bonds is 7. The van der Waals surface area contributed by atoms with Crippen LogP contribution in [-0.2, 0) is 16.6 Å². The first kappa shape index (κ1) is 15.3. The summed E-state index contributed by atoms with van der Waals surface area (Å²) in [6.45, 7) is 2.52. The average Bonchev–Trinajstić information content (AvgIpc) is 2.47. The van der Waals surface area contributed by atoms with E-state index in [1.54, 1.807) is 18.3 Å². The fourth-order valence-electron chi connectivity index (χ4n) is 1.84. The van der Waals surface area contributed by atoms with E-state index in [-0.39, 0.29) is 5.75 Å². The lowest BCUT2D eigenvalue weighted by Crippen LogP contribution is -2.16. The third kappa shape index (κ3) is 5.07. The van der Waals surface area contributed by atoms with Crippen molar-refractivity contribution in [2.75, 3.05) is 15.8 Å². The van der Waals surface area contributed by atoms with Gasteiger partial charge < -0.3 is 5.32 Å². The molecule has 5 nitrogen and oxygen atoms in total. The first-order valence-corrected chi connectivity index (χ1v) is 8.48. The summed E-state index contributed by atoms with van der Waals surface area (Å²) in [6, 6.07) is 13.5. The van der Waals surface area contributed by atoms with Crippen LogP contribution in [-0.4, -0.2) is 19.2 Å². The molecule has 0 aliphatic rings. The van der Waals surface area contributed by atoms with E-state index in [0.717, 1.165) is 5.69 Å². The van der Waals surface area contributed by atoms with E-state index in [1.807, 2.05) is 37.3 Å². The van der Waals surface area contributed by atoms with Crippen LogP contribution in [0.2, 0.25) is 0 Å². The molecular formula is C15H19N3O2S. The molecule has 0 amide bonds. The molecule has 2 N–H and O–H groups in total. The maximum Gasteiger partial charge on any atom is 0.233 e. The molecule has 1 heterocycles. The van der Waals surface area contributed by atoms with Gasteiger partial charge in [-0.3, -0.25) is 4.72 Å². The Morgan fingerprint density at radius 3 is 2.48 bits per heavy atom. The van der Waals surface area contributed by atoms with Crippen LogP contribution in [0, 0.1) is 0 Å². The molecule has 21 heavy (non-hydrogen) atoms. The van der Waals surface area contributed by atoms with Crippen molar-refractivity contribution in [3.63, 3.8) is 0 Å². The van der Waals surface area contributed by atoms with Crippen molar-refractivity contribution in [1.82, 2.24) is 4.98 Å². The first-order valence-electron chi connectivity index (χ1n) is 6.83. The molecule has 112 valence electrons. The second kappa shape index (κ2) is 7.08.